The monoisotopic (exact) mass is 368 g/mol. The third kappa shape index (κ3) is 3.59. The van der Waals surface area contributed by atoms with Gasteiger partial charge in [0, 0.05) is 24.5 Å². The normalized spacial score (nSPS) is 11.8. The van der Waals surface area contributed by atoms with Crippen molar-refractivity contribution in [3.63, 3.8) is 0 Å². The number of nitro groups is 1. The van der Waals surface area contributed by atoms with E-state index in [1.807, 2.05) is 0 Å². The summed E-state index contributed by atoms with van der Waals surface area (Å²) in [5.74, 6) is -0.235. The first-order chi connectivity index (χ1) is 12.9. The molecule has 0 saturated carbocycles. The molecule has 0 aliphatic rings. The second-order valence-electron chi connectivity index (χ2n) is 5.82. The number of anilines is 1. The predicted molar refractivity (Wildman–Crippen MR) is 96.8 cm³/mol. The Labute approximate surface area is 153 Å². The highest BCUT2D eigenvalue weighted by atomic mass is 16.6. The van der Waals surface area contributed by atoms with Crippen LogP contribution in [0.15, 0.2) is 53.6 Å². The Kier molecular flexibility index (Phi) is 4.79. The Balaban J connectivity index is 1.92. The zero-order valence-electron chi connectivity index (χ0n) is 14.6. The van der Waals surface area contributed by atoms with Gasteiger partial charge in [-0.2, -0.15) is 5.10 Å². The molecule has 3 aromatic rings. The fourth-order valence-electron chi connectivity index (χ4n) is 2.52. The van der Waals surface area contributed by atoms with Crippen LogP contribution in [0.4, 0.5) is 11.4 Å². The highest BCUT2D eigenvalue weighted by Gasteiger charge is 2.23. The van der Waals surface area contributed by atoms with Gasteiger partial charge in [-0.1, -0.05) is 12.1 Å². The second-order valence-corrected chi connectivity index (χ2v) is 5.82. The van der Waals surface area contributed by atoms with Crippen molar-refractivity contribution in [2.24, 2.45) is 0 Å². The van der Waals surface area contributed by atoms with Crippen LogP contribution in [0.2, 0.25) is 0 Å². The number of nitrogens with one attached hydrogen (secondary N) is 1. The van der Waals surface area contributed by atoms with Gasteiger partial charge in [0.05, 0.1) is 4.92 Å². The lowest BCUT2D eigenvalue weighted by Crippen LogP contribution is -2.34. The Morgan fingerprint density at radius 3 is 2.70 bits per heavy atom. The summed E-state index contributed by atoms with van der Waals surface area (Å²) < 4.78 is 2.46. The standard InChI is InChI=1S/C17H16N6O4/c1-11-5-3-6-13(23(26)27)16(11)19-17(25)12(2)22-15(24)8-7-14(20-22)21-10-4-9-18-21/h3-10,12H,1-2H3,(H,19,25). The number of rotatable bonds is 5. The maximum Gasteiger partial charge on any atom is 0.293 e. The zero-order valence-corrected chi connectivity index (χ0v) is 14.6. The van der Waals surface area contributed by atoms with E-state index in [-0.39, 0.29) is 11.4 Å². The van der Waals surface area contributed by atoms with Crippen LogP contribution in [0.1, 0.15) is 18.5 Å². The molecular formula is C17H16N6O4. The number of hydrogen-bond donors (Lipinski definition) is 1. The van der Waals surface area contributed by atoms with Gasteiger partial charge in [0.1, 0.15) is 11.7 Å². The van der Waals surface area contributed by atoms with Crippen molar-refractivity contribution in [3.8, 4) is 5.82 Å². The van der Waals surface area contributed by atoms with Gasteiger partial charge in [0.15, 0.2) is 5.82 Å². The second kappa shape index (κ2) is 7.20. The van der Waals surface area contributed by atoms with E-state index < -0.39 is 22.4 Å². The number of aryl methyl sites for hydroxylation is 1. The molecule has 10 nitrogen and oxygen atoms in total. The molecule has 10 heteroatoms. The topological polar surface area (TPSA) is 125 Å². The van der Waals surface area contributed by atoms with Crippen LogP contribution in [0.5, 0.6) is 0 Å². The van der Waals surface area contributed by atoms with Gasteiger partial charge in [-0.05, 0) is 31.5 Å². The van der Waals surface area contributed by atoms with E-state index in [2.05, 4.69) is 15.5 Å². The fourth-order valence-corrected chi connectivity index (χ4v) is 2.52. The minimum absolute atomic E-state index is 0.0932. The van der Waals surface area contributed by atoms with Crippen LogP contribution in [0, 0.1) is 17.0 Å². The molecule has 3 rings (SSSR count). The molecule has 0 fully saturated rings. The molecule has 27 heavy (non-hydrogen) atoms. The van der Waals surface area contributed by atoms with Crippen LogP contribution in [0.25, 0.3) is 5.82 Å². The van der Waals surface area contributed by atoms with E-state index in [1.54, 1.807) is 31.5 Å². The number of para-hydroxylation sites is 1. The summed E-state index contributed by atoms with van der Waals surface area (Å²) in [6.45, 7) is 3.14. The summed E-state index contributed by atoms with van der Waals surface area (Å²) >= 11 is 0. The van der Waals surface area contributed by atoms with Gasteiger partial charge in [-0.15, -0.1) is 5.10 Å². The number of benzene rings is 1. The molecule has 138 valence electrons. The maximum absolute atomic E-state index is 12.6. The van der Waals surface area contributed by atoms with E-state index in [0.717, 1.165) is 4.68 Å². The third-order valence-electron chi connectivity index (χ3n) is 3.99. The molecule has 0 bridgehead atoms. The number of amides is 1. The number of nitro benzene ring substituents is 1. The number of hydrogen-bond acceptors (Lipinski definition) is 6. The summed E-state index contributed by atoms with van der Waals surface area (Å²) in [6.07, 6.45) is 3.21. The van der Waals surface area contributed by atoms with Crippen molar-refractivity contribution in [3.05, 3.63) is 74.8 Å². The van der Waals surface area contributed by atoms with Crippen molar-refractivity contribution < 1.29 is 9.72 Å². The highest BCUT2D eigenvalue weighted by molar-refractivity contribution is 5.96. The molecule has 2 aromatic heterocycles. The van der Waals surface area contributed by atoms with Crippen LogP contribution in [0.3, 0.4) is 0 Å². The minimum Gasteiger partial charge on any atom is -0.318 e. The van der Waals surface area contributed by atoms with Crippen molar-refractivity contribution in [2.75, 3.05) is 5.32 Å². The molecule has 2 heterocycles. The highest BCUT2D eigenvalue weighted by Crippen LogP contribution is 2.28. The van der Waals surface area contributed by atoms with Gasteiger partial charge in [-0.3, -0.25) is 19.7 Å². The minimum atomic E-state index is -0.993. The smallest absolute Gasteiger partial charge is 0.293 e. The molecule has 1 N–H and O–H groups in total. The Morgan fingerprint density at radius 2 is 2.04 bits per heavy atom. The van der Waals surface area contributed by atoms with Crippen molar-refractivity contribution in [2.45, 2.75) is 19.9 Å². The van der Waals surface area contributed by atoms with E-state index in [9.17, 15) is 19.7 Å². The van der Waals surface area contributed by atoms with E-state index in [1.165, 1.54) is 35.9 Å². The average molecular weight is 368 g/mol. The van der Waals surface area contributed by atoms with Crippen LogP contribution in [-0.4, -0.2) is 30.4 Å². The lowest BCUT2D eigenvalue weighted by Gasteiger charge is -2.16. The average Bonchev–Trinajstić information content (AvgIpc) is 3.17. The van der Waals surface area contributed by atoms with E-state index in [0.29, 0.717) is 11.4 Å². The molecule has 1 aromatic carbocycles. The molecular weight excluding hydrogens is 352 g/mol. The zero-order chi connectivity index (χ0) is 19.6. The lowest BCUT2D eigenvalue weighted by molar-refractivity contribution is -0.384. The molecule has 0 aliphatic heterocycles. The van der Waals surface area contributed by atoms with Gasteiger partial charge < -0.3 is 5.32 Å². The summed E-state index contributed by atoms with van der Waals surface area (Å²) in [5.41, 5.74) is -0.0695. The van der Waals surface area contributed by atoms with Crippen molar-refractivity contribution >= 4 is 17.3 Å². The quantitative estimate of drug-likeness (QED) is 0.541. The van der Waals surface area contributed by atoms with Gasteiger partial charge >= 0.3 is 0 Å². The first-order valence-corrected chi connectivity index (χ1v) is 8.03. The van der Waals surface area contributed by atoms with E-state index >= 15 is 0 Å². The van der Waals surface area contributed by atoms with Crippen molar-refractivity contribution in [1.29, 1.82) is 0 Å². The van der Waals surface area contributed by atoms with Crippen molar-refractivity contribution in [1.82, 2.24) is 19.6 Å². The first-order valence-electron chi connectivity index (χ1n) is 8.03. The maximum atomic E-state index is 12.6. The Hall–Kier alpha value is -3.82. The number of carbonyl (C=O) groups excluding carboxylic acids is 1. The summed E-state index contributed by atoms with van der Waals surface area (Å²) in [5, 5.41) is 21.9. The number of aromatic nitrogens is 4. The Morgan fingerprint density at radius 1 is 1.26 bits per heavy atom. The van der Waals surface area contributed by atoms with Gasteiger partial charge in [0.25, 0.3) is 11.2 Å². The predicted octanol–water partition coefficient (Wildman–Crippen LogP) is 1.85. The summed E-state index contributed by atoms with van der Waals surface area (Å²) in [6, 6.07) is 7.96. The Bertz CT molecular complexity index is 1060. The molecule has 0 radical (unpaired) electrons. The molecule has 1 atom stereocenters. The summed E-state index contributed by atoms with van der Waals surface area (Å²) in [4.78, 5) is 35.4. The first kappa shape index (κ1) is 18.0. The summed E-state index contributed by atoms with van der Waals surface area (Å²) in [7, 11) is 0. The van der Waals surface area contributed by atoms with Crippen LogP contribution < -0.4 is 10.9 Å². The largest absolute Gasteiger partial charge is 0.318 e. The SMILES string of the molecule is Cc1cccc([N+](=O)[O-])c1NC(=O)C(C)n1nc(-n2cccn2)ccc1=O. The number of carbonyl (C=O) groups is 1. The molecule has 1 unspecified atom stereocenters. The van der Waals surface area contributed by atoms with E-state index in [4.69, 9.17) is 0 Å². The lowest BCUT2D eigenvalue weighted by atomic mass is 10.1. The molecule has 0 saturated heterocycles. The number of nitrogens with zero attached hydrogens (tertiary/aromatic N) is 5. The van der Waals surface area contributed by atoms with Crippen LogP contribution >= 0.6 is 0 Å². The van der Waals surface area contributed by atoms with Gasteiger partial charge in [0.2, 0.25) is 5.91 Å². The third-order valence-corrected chi connectivity index (χ3v) is 3.99. The van der Waals surface area contributed by atoms with Crippen LogP contribution in [-0.2, 0) is 4.79 Å². The molecule has 0 spiro atoms. The van der Waals surface area contributed by atoms with Gasteiger partial charge in [-0.25, -0.2) is 9.36 Å². The fraction of sp³-hybridized carbons (Fsp3) is 0.176. The molecule has 1 amide bonds. The molecule has 0 aliphatic carbocycles.